The van der Waals surface area contributed by atoms with Gasteiger partial charge in [0, 0.05) is 23.5 Å². The maximum Gasteiger partial charge on any atom is 0.244 e. The molecule has 230 valence electrons. The number of nitrogens with zero attached hydrogens (tertiary/aromatic N) is 2. The van der Waals surface area contributed by atoms with E-state index >= 15 is 0 Å². The molecule has 2 amide bonds. The summed E-state index contributed by atoms with van der Waals surface area (Å²) in [5.74, 6) is 0.326. The number of amides is 2. The van der Waals surface area contributed by atoms with Crippen LogP contribution in [0.2, 0.25) is 0 Å². The van der Waals surface area contributed by atoms with Crippen LogP contribution in [0.25, 0.3) is 0 Å². The van der Waals surface area contributed by atoms with Gasteiger partial charge < -0.3 is 15.0 Å². The Morgan fingerprint density at radius 1 is 0.818 bits per heavy atom. The topological polar surface area (TPSA) is 96.0 Å². The summed E-state index contributed by atoms with van der Waals surface area (Å²) < 4.78 is 33.8. The molecule has 0 radical (unpaired) electrons. The molecule has 0 unspecified atom stereocenters. The normalized spacial score (nSPS) is 11.9. The van der Waals surface area contributed by atoms with Gasteiger partial charge in [0.2, 0.25) is 21.8 Å². The van der Waals surface area contributed by atoms with Gasteiger partial charge in [0.25, 0.3) is 0 Å². The summed E-state index contributed by atoms with van der Waals surface area (Å²) in [6.07, 6.45) is 1.31. The lowest BCUT2D eigenvalue weighted by Gasteiger charge is -2.34. The number of anilines is 1. The SMILES string of the molecule is CC(C)NC(=O)[C@@H](Cc1ccccc1)N(Cc1cccc(Br)c1)C(=O)CN(c1ccc(Oc2ccccc2)cc1)S(C)(=O)=O. The lowest BCUT2D eigenvalue weighted by Crippen LogP contribution is -2.54. The van der Waals surface area contributed by atoms with Gasteiger partial charge in [-0.25, -0.2) is 8.42 Å². The second-order valence-electron chi connectivity index (χ2n) is 10.7. The number of nitrogens with one attached hydrogen (secondary N) is 1. The molecule has 0 aliphatic rings. The molecule has 44 heavy (non-hydrogen) atoms. The molecule has 10 heteroatoms. The number of carbonyl (C=O) groups excluding carboxylic acids is 2. The molecular formula is C34H36BrN3O5S. The van der Waals surface area contributed by atoms with Gasteiger partial charge in [-0.3, -0.25) is 13.9 Å². The molecule has 0 saturated heterocycles. The summed E-state index contributed by atoms with van der Waals surface area (Å²) in [5, 5.41) is 2.95. The molecule has 0 saturated carbocycles. The van der Waals surface area contributed by atoms with Crippen LogP contribution in [-0.4, -0.2) is 50.0 Å². The molecular weight excluding hydrogens is 642 g/mol. The van der Waals surface area contributed by atoms with E-state index in [0.717, 1.165) is 26.2 Å². The maximum atomic E-state index is 14.2. The van der Waals surface area contributed by atoms with Crippen molar-refractivity contribution in [3.8, 4) is 11.5 Å². The quantitative estimate of drug-likeness (QED) is 0.183. The highest BCUT2D eigenvalue weighted by Gasteiger charge is 2.33. The Labute approximate surface area is 267 Å². The highest BCUT2D eigenvalue weighted by molar-refractivity contribution is 9.10. The van der Waals surface area contributed by atoms with Crippen LogP contribution < -0.4 is 14.4 Å². The Morgan fingerprint density at radius 3 is 2.00 bits per heavy atom. The average molecular weight is 679 g/mol. The van der Waals surface area contributed by atoms with Crippen molar-refractivity contribution in [2.45, 2.75) is 38.9 Å². The van der Waals surface area contributed by atoms with Crippen molar-refractivity contribution in [3.05, 3.63) is 125 Å². The smallest absolute Gasteiger partial charge is 0.244 e. The van der Waals surface area contributed by atoms with Crippen LogP contribution in [0.3, 0.4) is 0 Å². The maximum absolute atomic E-state index is 14.2. The molecule has 8 nitrogen and oxygen atoms in total. The fourth-order valence-corrected chi connectivity index (χ4v) is 5.98. The number of rotatable bonds is 13. The number of halogens is 1. The predicted molar refractivity (Wildman–Crippen MR) is 177 cm³/mol. The van der Waals surface area contributed by atoms with E-state index in [2.05, 4.69) is 21.2 Å². The lowest BCUT2D eigenvalue weighted by atomic mass is 10.0. The van der Waals surface area contributed by atoms with Crippen LogP contribution in [-0.2, 0) is 32.6 Å². The minimum absolute atomic E-state index is 0.0999. The molecule has 4 aromatic rings. The zero-order valence-corrected chi connectivity index (χ0v) is 27.3. The molecule has 4 aromatic carbocycles. The van der Waals surface area contributed by atoms with Gasteiger partial charge in [-0.2, -0.15) is 0 Å². The third-order valence-electron chi connectivity index (χ3n) is 6.73. The van der Waals surface area contributed by atoms with Crippen molar-refractivity contribution in [1.82, 2.24) is 10.2 Å². The van der Waals surface area contributed by atoms with E-state index in [0.29, 0.717) is 17.2 Å². The van der Waals surface area contributed by atoms with E-state index in [1.165, 1.54) is 4.90 Å². The first-order chi connectivity index (χ1) is 21.0. The summed E-state index contributed by atoms with van der Waals surface area (Å²) >= 11 is 3.48. The summed E-state index contributed by atoms with van der Waals surface area (Å²) in [5.41, 5.74) is 1.96. The van der Waals surface area contributed by atoms with Gasteiger partial charge in [-0.15, -0.1) is 0 Å². The Hall–Kier alpha value is -4.15. The molecule has 4 rings (SSSR count). The molecule has 0 spiro atoms. The Balaban J connectivity index is 1.67. The molecule has 0 aromatic heterocycles. The van der Waals surface area contributed by atoms with Gasteiger partial charge in [0.05, 0.1) is 11.9 Å². The first kappa shape index (κ1) is 32.8. The molecule has 0 fully saturated rings. The highest BCUT2D eigenvalue weighted by atomic mass is 79.9. The number of ether oxygens (including phenoxy) is 1. The monoisotopic (exact) mass is 677 g/mol. The molecule has 0 bridgehead atoms. The van der Waals surface area contributed by atoms with E-state index in [1.54, 1.807) is 24.3 Å². The van der Waals surface area contributed by atoms with Crippen LogP contribution in [0.4, 0.5) is 5.69 Å². The van der Waals surface area contributed by atoms with E-state index in [9.17, 15) is 18.0 Å². The number of carbonyl (C=O) groups is 2. The van der Waals surface area contributed by atoms with Crippen molar-refractivity contribution in [3.63, 3.8) is 0 Å². The van der Waals surface area contributed by atoms with E-state index < -0.39 is 28.5 Å². The Bertz CT molecular complexity index is 1650. The zero-order valence-electron chi connectivity index (χ0n) is 24.9. The molecule has 0 heterocycles. The third-order valence-corrected chi connectivity index (χ3v) is 8.36. The van der Waals surface area contributed by atoms with Crippen LogP contribution in [0.5, 0.6) is 11.5 Å². The Kier molecular flexibility index (Phi) is 11.2. The highest BCUT2D eigenvalue weighted by Crippen LogP contribution is 2.26. The first-order valence-corrected chi connectivity index (χ1v) is 16.8. The summed E-state index contributed by atoms with van der Waals surface area (Å²) in [6.45, 7) is 3.32. The number of hydrogen-bond acceptors (Lipinski definition) is 5. The van der Waals surface area contributed by atoms with Gasteiger partial charge >= 0.3 is 0 Å². The van der Waals surface area contributed by atoms with Crippen molar-refractivity contribution in [2.24, 2.45) is 0 Å². The predicted octanol–water partition coefficient (Wildman–Crippen LogP) is 6.17. The second kappa shape index (κ2) is 15.0. The number of para-hydroxylation sites is 1. The van der Waals surface area contributed by atoms with E-state index in [1.807, 2.05) is 98.8 Å². The minimum Gasteiger partial charge on any atom is -0.457 e. The van der Waals surface area contributed by atoms with Gasteiger partial charge in [-0.05, 0) is 73.5 Å². The van der Waals surface area contributed by atoms with Gasteiger partial charge in [0.1, 0.15) is 24.1 Å². The van der Waals surface area contributed by atoms with Crippen molar-refractivity contribution >= 4 is 43.5 Å². The standard InChI is InChI=1S/C34H36BrN3O5S/c1-25(2)36-34(40)32(22-26-11-6-4-7-12-26)37(23-27-13-10-14-28(35)21-27)33(39)24-38(44(3,41)42)29-17-19-31(20-18-29)43-30-15-8-5-9-16-30/h4-21,25,32H,22-24H2,1-3H3,(H,36,40)/t32-/m1/s1. The van der Waals surface area contributed by atoms with Crippen LogP contribution >= 0.6 is 15.9 Å². The van der Waals surface area contributed by atoms with Crippen molar-refractivity contribution < 1.29 is 22.7 Å². The summed E-state index contributed by atoms with van der Waals surface area (Å²) in [6, 6.07) is 31.6. The molecule has 1 N–H and O–H groups in total. The van der Waals surface area contributed by atoms with Gasteiger partial charge in [-0.1, -0.05) is 76.6 Å². The molecule has 1 atom stereocenters. The minimum atomic E-state index is -3.88. The van der Waals surface area contributed by atoms with Crippen molar-refractivity contribution in [2.75, 3.05) is 17.1 Å². The van der Waals surface area contributed by atoms with E-state index in [-0.39, 0.29) is 24.9 Å². The number of sulfonamides is 1. The fourth-order valence-electron chi connectivity index (χ4n) is 4.69. The average Bonchev–Trinajstić information content (AvgIpc) is 2.98. The van der Waals surface area contributed by atoms with Crippen LogP contribution in [0.1, 0.15) is 25.0 Å². The van der Waals surface area contributed by atoms with E-state index in [4.69, 9.17) is 4.74 Å². The summed E-state index contributed by atoms with van der Waals surface area (Å²) in [7, 11) is -3.88. The van der Waals surface area contributed by atoms with Crippen LogP contribution in [0.15, 0.2) is 114 Å². The molecule has 0 aliphatic heterocycles. The fraction of sp³-hybridized carbons (Fsp3) is 0.235. The summed E-state index contributed by atoms with van der Waals surface area (Å²) in [4.78, 5) is 29.3. The number of hydrogen-bond donors (Lipinski definition) is 1. The number of benzene rings is 4. The third kappa shape index (κ3) is 9.42. The van der Waals surface area contributed by atoms with Crippen molar-refractivity contribution in [1.29, 1.82) is 0 Å². The zero-order chi connectivity index (χ0) is 31.7. The Morgan fingerprint density at radius 2 is 1.41 bits per heavy atom. The second-order valence-corrected chi connectivity index (χ2v) is 13.5. The molecule has 0 aliphatic carbocycles. The first-order valence-electron chi connectivity index (χ1n) is 14.2. The van der Waals surface area contributed by atoms with Gasteiger partial charge in [0.15, 0.2) is 0 Å². The van der Waals surface area contributed by atoms with Crippen LogP contribution in [0, 0.1) is 0 Å². The lowest BCUT2D eigenvalue weighted by molar-refractivity contribution is -0.140. The largest absolute Gasteiger partial charge is 0.457 e.